The lowest BCUT2D eigenvalue weighted by Gasteiger charge is -2.28. The molecule has 3 heterocycles. The fraction of sp³-hybridized carbons (Fsp3) is 0.467. The number of carbonyl (C=O) groups excluding carboxylic acids is 1. The van der Waals surface area contributed by atoms with Crippen molar-refractivity contribution in [3.8, 4) is 0 Å². The van der Waals surface area contributed by atoms with E-state index in [-0.39, 0.29) is 18.2 Å². The van der Waals surface area contributed by atoms with Crippen LogP contribution >= 0.6 is 0 Å². The highest BCUT2D eigenvalue weighted by Gasteiger charge is 2.39. The summed E-state index contributed by atoms with van der Waals surface area (Å²) in [6.07, 6.45) is 6.69. The van der Waals surface area contributed by atoms with Crippen LogP contribution in [0, 0.1) is 6.92 Å². The number of carbonyl (C=O) groups is 1. The summed E-state index contributed by atoms with van der Waals surface area (Å²) < 4.78 is 5.12. The molecule has 2 aromatic rings. The predicted molar refractivity (Wildman–Crippen MR) is 82.0 cm³/mol. The van der Waals surface area contributed by atoms with Crippen LogP contribution in [0.3, 0.4) is 0 Å². The van der Waals surface area contributed by atoms with Gasteiger partial charge in [0.2, 0.25) is 5.76 Å². The van der Waals surface area contributed by atoms with E-state index in [4.69, 9.17) is 4.42 Å². The largest absolute Gasteiger partial charge is 0.438 e. The fourth-order valence-electron chi connectivity index (χ4n) is 2.83. The number of aromatic nitrogens is 3. The lowest BCUT2D eigenvalue weighted by Crippen LogP contribution is -2.46. The Morgan fingerprint density at radius 1 is 1.48 bits per heavy atom. The van der Waals surface area contributed by atoms with Crippen LogP contribution in [0.4, 0.5) is 5.82 Å². The number of hydrogen-bond donors (Lipinski definition) is 1. The molecule has 1 atom stereocenters. The molecule has 1 aliphatic heterocycles. The first-order chi connectivity index (χ1) is 11.0. The monoisotopic (exact) mass is 317 g/mol. The number of aliphatic hydroxyl groups is 1. The standard InChI is InChI=1S/C15H19N5O3/c1-11-13(23-10-18-11)14(21)19(2)8-15(22)3-6-20(9-15)12-7-16-4-5-17-12/h4-5,7,10,22H,3,6,8-9H2,1-2H3/t15-/m0/s1. The van der Waals surface area contributed by atoms with E-state index in [2.05, 4.69) is 15.0 Å². The molecule has 0 bridgehead atoms. The van der Waals surface area contributed by atoms with E-state index >= 15 is 0 Å². The Balaban J connectivity index is 1.66. The van der Waals surface area contributed by atoms with Gasteiger partial charge in [-0.05, 0) is 13.3 Å². The number of rotatable bonds is 4. The third-order valence-electron chi connectivity index (χ3n) is 4.02. The Morgan fingerprint density at radius 3 is 2.96 bits per heavy atom. The van der Waals surface area contributed by atoms with Crippen LogP contribution in [0.25, 0.3) is 0 Å². The van der Waals surface area contributed by atoms with Crippen LogP contribution in [-0.2, 0) is 0 Å². The van der Waals surface area contributed by atoms with E-state index in [1.165, 1.54) is 11.3 Å². The number of oxazole rings is 1. The lowest BCUT2D eigenvalue weighted by atomic mass is 10.0. The van der Waals surface area contributed by atoms with Crippen molar-refractivity contribution in [1.82, 2.24) is 19.9 Å². The van der Waals surface area contributed by atoms with Crippen molar-refractivity contribution in [2.24, 2.45) is 0 Å². The molecule has 2 aromatic heterocycles. The number of anilines is 1. The summed E-state index contributed by atoms with van der Waals surface area (Å²) in [5, 5.41) is 10.8. The maximum absolute atomic E-state index is 12.4. The molecule has 0 spiro atoms. The minimum atomic E-state index is -0.990. The van der Waals surface area contributed by atoms with Gasteiger partial charge in [0.15, 0.2) is 6.39 Å². The number of aryl methyl sites for hydroxylation is 1. The normalized spacial score (nSPS) is 20.7. The molecule has 8 nitrogen and oxygen atoms in total. The van der Waals surface area contributed by atoms with Gasteiger partial charge in [-0.3, -0.25) is 9.78 Å². The Hall–Kier alpha value is -2.48. The number of likely N-dealkylation sites (N-methyl/N-ethyl adjacent to an activating group) is 1. The van der Waals surface area contributed by atoms with E-state index in [1.807, 2.05) is 4.90 Å². The predicted octanol–water partition coefficient (Wildman–Crippen LogP) is 0.486. The molecule has 23 heavy (non-hydrogen) atoms. The number of amides is 1. The van der Waals surface area contributed by atoms with Crippen LogP contribution in [0.1, 0.15) is 22.7 Å². The van der Waals surface area contributed by atoms with Gasteiger partial charge in [0, 0.05) is 32.5 Å². The molecule has 0 aliphatic carbocycles. The first kappa shape index (κ1) is 15.4. The third kappa shape index (κ3) is 3.16. The van der Waals surface area contributed by atoms with Crippen LogP contribution in [0.5, 0.6) is 0 Å². The summed E-state index contributed by atoms with van der Waals surface area (Å²) in [6.45, 7) is 2.99. The number of hydrogen-bond acceptors (Lipinski definition) is 7. The molecule has 0 radical (unpaired) electrons. The van der Waals surface area contributed by atoms with Gasteiger partial charge in [-0.25, -0.2) is 9.97 Å². The molecule has 8 heteroatoms. The highest BCUT2D eigenvalue weighted by molar-refractivity contribution is 5.92. The maximum Gasteiger partial charge on any atom is 0.291 e. The molecular formula is C15H19N5O3. The van der Waals surface area contributed by atoms with Gasteiger partial charge in [-0.1, -0.05) is 0 Å². The molecule has 1 fully saturated rings. The molecule has 1 aliphatic rings. The van der Waals surface area contributed by atoms with Crippen molar-refractivity contribution in [2.75, 3.05) is 31.6 Å². The van der Waals surface area contributed by atoms with Gasteiger partial charge in [-0.2, -0.15) is 0 Å². The number of nitrogens with zero attached hydrogens (tertiary/aromatic N) is 5. The molecule has 1 amide bonds. The van der Waals surface area contributed by atoms with Crippen LogP contribution < -0.4 is 4.90 Å². The minimum Gasteiger partial charge on any atom is -0.438 e. The van der Waals surface area contributed by atoms with E-state index in [1.54, 1.807) is 32.6 Å². The quantitative estimate of drug-likeness (QED) is 0.876. The second-order valence-electron chi connectivity index (χ2n) is 5.89. The SMILES string of the molecule is Cc1ncoc1C(=O)N(C)C[C@@]1(O)CCN(c2cnccn2)C1. The third-order valence-corrected chi connectivity index (χ3v) is 4.02. The van der Waals surface area contributed by atoms with Crippen LogP contribution in [0.2, 0.25) is 0 Å². The van der Waals surface area contributed by atoms with Crippen molar-refractivity contribution >= 4 is 11.7 Å². The second kappa shape index (κ2) is 5.96. The first-order valence-electron chi connectivity index (χ1n) is 7.37. The summed E-state index contributed by atoms with van der Waals surface area (Å²) in [6, 6.07) is 0. The molecule has 0 unspecified atom stereocenters. The zero-order chi connectivity index (χ0) is 16.4. The molecule has 1 N–H and O–H groups in total. The molecule has 3 rings (SSSR count). The maximum atomic E-state index is 12.4. The number of β-amino-alcohol motifs (C(OH)–C–C–N with tert-alkyl or cyclic N) is 1. The molecule has 122 valence electrons. The Morgan fingerprint density at radius 2 is 2.30 bits per heavy atom. The summed E-state index contributed by atoms with van der Waals surface area (Å²) in [7, 11) is 1.65. The van der Waals surface area contributed by atoms with Gasteiger partial charge in [-0.15, -0.1) is 0 Å². The summed E-state index contributed by atoms with van der Waals surface area (Å²) in [4.78, 5) is 28.0. The highest BCUT2D eigenvalue weighted by atomic mass is 16.4. The Labute approximate surface area is 133 Å². The van der Waals surface area contributed by atoms with Gasteiger partial charge in [0.1, 0.15) is 11.4 Å². The van der Waals surface area contributed by atoms with Crippen molar-refractivity contribution in [2.45, 2.75) is 18.9 Å². The smallest absolute Gasteiger partial charge is 0.291 e. The first-order valence-corrected chi connectivity index (χ1v) is 7.37. The lowest BCUT2D eigenvalue weighted by molar-refractivity contribution is 0.0251. The van der Waals surface area contributed by atoms with E-state index in [0.717, 1.165) is 5.82 Å². The van der Waals surface area contributed by atoms with E-state index in [9.17, 15) is 9.90 Å². The summed E-state index contributed by atoms with van der Waals surface area (Å²) in [5.41, 5.74) is -0.447. The second-order valence-corrected chi connectivity index (χ2v) is 5.89. The van der Waals surface area contributed by atoms with Gasteiger partial charge < -0.3 is 19.3 Å². The zero-order valence-corrected chi connectivity index (χ0v) is 13.1. The van der Waals surface area contributed by atoms with Crippen molar-refractivity contribution in [1.29, 1.82) is 0 Å². The molecule has 1 saturated heterocycles. The van der Waals surface area contributed by atoms with Crippen molar-refractivity contribution < 1.29 is 14.3 Å². The fourth-order valence-corrected chi connectivity index (χ4v) is 2.83. The van der Waals surface area contributed by atoms with Gasteiger partial charge in [0.25, 0.3) is 5.91 Å². The van der Waals surface area contributed by atoms with Crippen LogP contribution in [0.15, 0.2) is 29.4 Å². The van der Waals surface area contributed by atoms with Crippen LogP contribution in [-0.4, -0.2) is 63.1 Å². The Bertz CT molecular complexity index is 689. The molecule has 0 saturated carbocycles. The average Bonchev–Trinajstić information content (AvgIpc) is 3.13. The highest BCUT2D eigenvalue weighted by Crippen LogP contribution is 2.26. The summed E-state index contributed by atoms with van der Waals surface area (Å²) in [5.74, 6) is 0.648. The minimum absolute atomic E-state index is 0.208. The van der Waals surface area contributed by atoms with Gasteiger partial charge in [0.05, 0.1) is 18.4 Å². The van der Waals surface area contributed by atoms with E-state index < -0.39 is 5.60 Å². The molecule has 0 aromatic carbocycles. The zero-order valence-electron chi connectivity index (χ0n) is 13.1. The van der Waals surface area contributed by atoms with Crippen molar-refractivity contribution in [3.05, 3.63) is 36.4 Å². The Kier molecular flexibility index (Phi) is 3.99. The average molecular weight is 317 g/mol. The van der Waals surface area contributed by atoms with Gasteiger partial charge >= 0.3 is 0 Å². The summed E-state index contributed by atoms with van der Waals surface area (Å²) >= 11 is 0. The van der Waals surface area contributed by atoms with E-state index in [0.29, 0.717) is 25.2 Å². The van der Waals surface area contributed by atoms with Crippen molar-refractivity contribution in [3.63, 3.8) is 0 Å². The molecular weight excluding hydrogens is 298 g/mol. The topological polar surface area (TPSA) is 95.6 Å².